The number of halogens is 2. The van der Waals surface area contributed by atoms with Gasteiger partial charge < -0.3 is 9.80 Å². The van der Waals surface area contributed by atoms with Gasteiger partial charge in [-0.25, -0.2) is 4.39 Å². The van der Waals surface area contributed by atoms with Gasteiger partial charge in [0.05, 0.1) is 5.56 Å². The van der Waals surface area contributed by atoms with Crippen molar-refractivity contribution in [2.24, 2.45) is 0 Å². The van der Waals surface area contributed by atoms with Crippen molar-refractivity contribution in [3.05, 3.63) is 64.9 Å². The summed E-state index contributed by atoms with van der Waals surface area (Å²) < 4.78 is 13.8. The van der Waals surface area contributed by atoms with Crippen molar-refractivity contribution in [3.63, 3.8) is 0 Å². The second kappa shape index (κ2) is 6.61. The van der Waals surface area contributed by atoms with Gasteiger partial charge in [-0.3, -0.25) is 9.59 Å². The monoisotopic (exact) mass is 346 g/mol. The Balaban J connectivity index is 1.81. The van der Waals surface area contributed by atoms with Crippen molar-refractivity contribution in [2.75, 3.05) is 18.0 Å². The van der Waals surface area contributed by atoms with Crippen molar-refractivity contribution in [1.82, 2.24) is 4.90 Å². The Bertz CT molecular complexity index is 779. The number of rotatable bonds is 2. The van der Waals surface area contributed by atoms with Crippen molar-refractivity contribution in [2.45, 2.75) is 13.0 Å². The summed E-state index contributed by atoms with van der Waals surface area (Å²) in [4.78, 5) is 28.2. The van der Waals surface area contributed by atoms with Gasteiger partial charge in [-0.2, -0.15) is 0 Å². The summed E-state index contributed by atoms with van der Waals surface area (Å²) in [5.74, 6) is -1.25. The Labute approximate surface area is 144 Å². The lowest BCUT2D eigenvalue weighted by Crippen LogP contribution is -2.57. The molecule has 6 heteroatoms. The van der Waals surface area contributed by atoms with E-state index >= 15 is 0 Å². The van der Waals surface area contributed by atoms with E-state index in [1.165, 1.54) is 23.1 Å². The summed E-state index contributed by atoms with van der Waals surface area (Å²) in [6.07, 6.45) is 0. The van der Waals surface area contributed by atoms with Gasteiger partial charge in [-0.15, -0.1) is 0 Å². The number of carbonyl (C=O) groups is 2. The van der Waals surface area contributed by atoms with E-state index in [2.05, 4.69) is 0 Å². The minimum absolute atomic E-state index is 0.0166. The SMILES string of the molecule is CC1C(=O)N(c2ccc(Cl)cc2)CCN1C(=O)c1ccccc1F. The van der Waals surface area contributed by atoms with E-state index < -0.39 is 17.8 Å². The number of benzene rings is 2. The lowest BCUT2D eigenvalue weighted by atomic mass is 10.1. The molecule has 2 aromatic rings. The molecule has 2 aromatic carbocycles. The van der Waals surface area contributed by atoms with E-state index in [0.29, 0.717) is 18.1 Å². The first-order chi connectivity index (χ1) is 11.5. The summed E-state index contributed by atoms with van der Waals surface area (Å²) in [5.41, 5.74) is 0.714. The molecule has 0 aromatic heterocycles. The van der Waals surface area contributed by atoms with Crippen molar-refractivity contribution < 1.29 is 14.0 Å². The van der Waals surface area contributed by atoms with Crippen molar-refractivity contribution in [1.29, 1.82) is 0 Å². The van der Waals surface area contributed by atoms with Crippen LogP contribution in [0.1, 0.15) is 17.3 Å². The molecular weight excluding hydrogens is 331 g/mol. The molecule has 1 aliphatic rings. The summed E-state index contributed by atoms with van der Waals surface area (Å²) in [6, 6.07) is 12.1. The normalized spacial score (nSPS) is 18.0. The maximum atomic E-state index is 13.8. The predicted molar refractivity (Wildman–Crippen MR) is 90.7 cm³/mol. The Morgan fingerprint density at radius 1 is 1.12 bits per heavy atom. The fourth-order valence-corrected chi connectivity index (χ4v) is 2.94. The molecule has 1 unspecified atom stereocenters. The van der Waals surface area contributed by atoms with Crippen LogP contribution in [0.5, 0.6) is 0 Å². The molecule has 1 aliphatic heterocycles. The highest BCUT2D eigenvalue weighted by atomic mass is 35.5. The van der Waals surface area contributed by atoms with Crippen LogP contribution in [0.3, 0.4) is 0 Å². The molecule has 3 rings (SSSR count). The first-order valence-electron chi connectivity index (χ1n) is 7.61. The molecule has 0 spiro atoms. The van der Waals surface area contributed by atoms with Gasteiger partial charge in [0.15, 0.2) is 0 Å². The average Bonchev–Trinajstić information content (AvgIpc) is 2.58. The maximum Gasteiger partial charge on any atom is 0.257 e. The van der Waals surface area contributed by atoms with E-state index in [9.17, 15) is 14.0 Å². The first kappa shape index (κ1) is 16.5. The smallest absolute Gasteiger partial charge is 0.257 e. The van der Waals surface area contributed by atoms with Gasteiger partial charge >= 0.3 is 0 Å². The van der Waals surface area contributed by atoms with Crippen LogP contribution < -0.4 is 4.90 Å². The molecule has 0 bridgehead atoms. The van der Waals surface area contributed by atoms with Crippen LogP contribution in [-0.2, 0) is 4.79 Å². The quantitative estimate of drug-likeness (QED) is 0.836. The van der Waals surface area contributed by atoms with Gasteiger partial charge in [0.2, 0.25) is 5.91 Å². The van der Waals surface area contributed by atoms with E-state index in [1.54, 1.807) is 42.2 Å². The van der Waals surface area contributed by atoms with Crippen LogP contribution in [0.4, 0.5) is 10.1 Å². The molecule has 1 fully saturated rings. The molecule has 124 valence electrons. The van der Waals surface area contributed by atoms with E-state index in [1.807, 2.05) is 0 Å². The number of hydrogen-bond acceptors (Lipinski definition) is 2. The van der Waals surface area contributed by atoms with E-state index in [0.717, 1.165) is 5.69 Å². The fourth-order valence-electron chi connectivity index (χ4n) is 2.81. The highest BCUT2D eigenvalue weighted by Crippen LogP contribution is 2.23. The lowest BCUT2D eigenvalue weighted by molar-refractivity contribution is -0.124. The molecular formula is C18H16ClFN2O2. The number of piperazine rings is 1. The second-order valence-electron chi connectivity index (χ2n) is 5.62. The summed E-state index contributed by atoms with van der Waals surface area (Å²) in [6.45, 7) is 2.34. The van der Waals surface area contributed by atoms with E-state index in [-0.39, 0.29) is 11.5 Å². The molecule has 1 saturated heterocycles. The predicted octanol–water partition coefficient (Wildman–Crippen LogP) is 3.36. The number of carbonyl (C=O) groups excluding carboxylic acids is 2. The summed E-state index contributed by atoms with van der Waals surface area (Å²) >= 11 is 5.87. The van der Waals surface area contributed by atoms with Crippen molar-refractivity contribution >= 4 is 29.1 Å². The van der Waals surface area contributed by atoms with Crippen LogP contribution in [0.25, 0.3) is 0 Å². The lowest BCUT2D eigenvalue weighted by Gasteiger charge is -2.39. The molecule has 24 heavy (non-hydrogen) atoms. The molecule has 1 atom stereocenters. The van der Waals surface area contributed by atoms with Gasteiger partial charge in [0, 0.05) is 23.8 Å². The third-order valence-corrected chi connectivity index (χ3v) is 4.41. The average molecular weight is 347 g/mol. The molecule has 2 amide bonds. The first-order valence-corrected chi connectivity index (χ1v) is 7.99. The van der Waals surface area contributed by atoms with Crippen LogP contribution in [0.15, 0.2) is 48.5 Å². The van der Waals surface area contributed by atoms with Crippen LogP contribution in [0.2, 0.25) is 5.02 Å². The van der Waals surface area contributed by atoms with Gasteiger partial charge in [-0.05, 0) is 43.3 Å². The second-order valence-corrected chi connectivity index (χ2v) is 6.06. The third-order valence-electron chi connectivity index (χ3n) is 4.16. The van der Waals surface area contributed by atoms with Crippen LogP contribution in [-0.4, -0.2) is 35.8 Å². The molecule has 0 N–H and O–H groups in total. The zero-order valence-corrected chi connectivity index (χ0v) is 13.8. The molecule has 1 heterocycles. The van der Waals surface area contributed by atoms with Gasteiger partial charge in [0.25, 0.3) is 5.91 Å². The highest BCUT2D eigenvalue weighted by Gasteiger charge is 2.35. The van der Waals surface area contributed by atoms with Crippen LogP contribution in [0, 0.1) is 5.82 Å². The molecule has 0 aliphatic carbocycles. The number of amides is 2. The molecule has 0 saturated carbocycles. The molecule has 4 nitrogen and oxygen atoms in total. The molecule has 0 radical (unpaired) electrons. The largest absolute Gasteiger partial charge is 0.325 e. The van der Waals surface area contributed by atoms with Gasteiger partial charge in [-0.1, -0.05) is 23.7 Å². The zero-order chi connectivity index (χ0) is 17.3. The topological polar surface area (TPSA) is 40.6 Å². The Morgan fingerprint density at radius 3 is 2.46 bits per heavy atom. The number of nitrogens with zero attached hydrogens (tertiary/aromatic N) is 2. The maximum absolute atomic E-state index is 13.8. The van der Waals surface area contributed by atoms with Crippen LogP contribution >= 0.6 is 11.6 Å². The minimum atomic E-state index is -0.665. The minimum Gasteiger partial charge on any atom is -0.325 e. The summed E-state index contributed by atoms with van der Waals surface area (Å²) in [7, 11) is 0. The fraction of sp³-hybridized carbons (Fsp3) is 0.222. The Hall–Kier alpha value is -2.40. The highest BCUT2D eigenvalue weighted by molar-refractivity contribution is 6.30. The number of hydrogen-bond donors (Lipinski definition) is 0. The summed E-state index contributed by atoms with van der Waals surface area (Å²) in [5, 5.41) is 0.590. The van der Waals surface area contributed by atoms with Gasteiger partial charge in [0.1, 0.15) is 11.9 Å². The van der Waals surface area contributed by atoms with E-state index in [4.69, 9.17) is 11.6 Å². The van der Waals surface area contributed by atoms with Crippen molar-refractivity contribution in [3.8, 4) is 0 Å². The standard InChI is InChI=1S/C18H16ClFN2O2/c1-12-17(23)22(14-8-6-13(19)7-9-14)11-10-21(12)18(24)15-4-2-3-5-16(15)20/h2-9,12H,10-11H2,1H3. The Kier molecular flexibility index (Phi) is 4.53. The Morgan fingerprint density at radius 2 is 1.79 bits per heavy atom. The zero-order valence-electron chi connectivity index (χ0n) is 13.1. The third kappa shape index (κ3) is 2.99. The number of anilines is 1.